The summed E-state index contributed by atoms with van der Waals surface area (Å²) in [4.78, 5) is 24.7. The van der Waals surface area contributed by atoms with E-state index in [4.69, 9.17) is 23.2 Å². The van der Waals surface area contributed by atoms with E-state index in [1.807, 2.05) is 32.0 Å². The van der Waals surface area contributed by atoms with Crippen molar-refractivity contribution in [2.24, 2.45) is 11.8 Å². The van der Waals surface area contributed by atoms with Crippen molar-refractivity contribution in [1.29, 1.82) is 0 Å². The lowest BCUT2D eigenvalue weighted by Gasteiger charge is -2.10. The zero-order valence-corrected chi connectivity index (χ0v) is 15.4. The monoisotopic (exact) mass is 376 g/mol. The van der Waals surface area contributed by atoms with Crippen molar-refractivity contribution < 1.29 is 9.59 Å². The Kier molecular flexibility index (Phi) is 5.02. The van der Waals surface area contributed by atoms with Crippen LogP contribution >= 0.6 is 23.2 Å². The minimum atomic E-state index is -0.331. The van der Waals surface area contributed by atoms with E-state index in [0.29, 0.717) is 22.2 Å². The number of nitrogens with one attached hydrogen (secondary N) is 2. The van der Waals surface area contributed by atoms with E-state index in [1.54, 1.807) is 18.2 Å². The first kappa shape index (κ1) is 17.8. The van der Waals surface area contributed by atoms with Gasteiger partial charge in [0.05, 0.1) is 11.8 Å². The quantitative estimate of drug-likeness (QED) is 0.802. The van der Waals surface area contributed by atoms with E-state index >= 15 is 0 Å². The molecule has 2 atom stereocenters. The number of rotatable bonds is 4. The molecule has 1 aliphatic rings. The maximum Gasteiger partial charge on any atom is 0.228 e. The summed E-state index contributed by atoms with van der Waals surface area (Å²) < 4.78 is 0. The zero-order chi connectivity index (χ0) is 18.1. The molecule has 130 valence electrons. The number of carbonyl (C=O) groups is 2. The molecule has 2 aromatic carbocycles. The van der Waals surface area contributed by atoms with Crippen molar-refractivity contribution in [2.75, 3.05) is 10.6 Å². The summed E-state index contributed by atoms with van der Waals surface area (Å²) in [5.41, 5.74) is 3.47. The minimum absolute atomic E-state index is 0.127. The maximum absolute atomic E-state index is 12.4. The lowest BCUT2D eigenvalue weighted by molar-refractivity contribution is -0.122. The molecule has 1 fully saturated rings. The van der Waals surface area contributed by atoms with Crippen molar-refractivity contribution in [3.8, 4) is 0 Å². The average molecular weight is 377 g/mol. The Hall–Kier alpha value is -2.04. The lowest BCUT2D eigenvalue weighted by atomic mass is 10.1. The molecule has 25 heavy (non-hydrogen) atoms. The second-order valence-electron chi connectivity index (χ2n) is 6.33. The van der Waals surface area contributed by atoms with Gasteiger partial charge in [-0.05, 0) is 55.7 Å². The van der Waals surface area contributed by atoms with Gasteiger partial charge in [-0.3, -0.25) is 9.59 Å². The van der Waals surface area contributed by atoms with Gasteiger partial charge in [0.1, 0.15) is 0 Å². The third-order valence-corrected chi connectivity index (χ3v) is 4.89. The second kappa shape index (κ2) is 7.06. The Morgan fingerprint density at radius 3 is 2.20 bits per heavy atom. The standard InChI is InChI=1S/C19H18Cl2N2O2/c1-10-4-3-5-17(11(10)2)23-19(25)16-9-15(16)18(24)22-14-7-12(20)6-13(21)8-14/h3-8,15-16H,9H2,1-2H3,(H,22,24)(H,23,25). The van der Waals surface area contributed by atoms with Crippen molar-refractivity contribution >= 4 is 46.4 Å². The molecule has 1 aliphatic carbocycles. The smallest absolute Gasteiger partial charge is 0.228 e. The number of aryl methyl sites for hydroxylation is 1. The van der Waals surface area contributed by atoms with Gasteiger partial charge in [-0.25, -0.2) is 0 Å². The van der Waals surface area contributed by atoms with Crippen LogP contribution in [-0.2, 0) is 9.59 Å². The first-order chi connectivity index (χ1) is 11.8. The van der Waals surface area contributed by atoms with Crippen molar-refractivity contribution in [3.05, 3.63) is 57.6 Å². The third-order valence-electron chi connectivity index (χ3n) is 4.46. The SMILES string of the molecule is Cc1cccc(NC(=O)C2CC2C(=O)Nc2cc(Cl)cc(Cl)c2)c1C. The van der Waals surface area contributed by atoms with E-state index in [-0.39, 0.29) is 23.7 Å². The largest absolute Gasteiger partial charge is 0.326 e. The Labute approximate surface area is 156 Å². The van der Waals surface area contributed by atoms with Gasteiger partial charge in [0.2, 0.25) is 11.8 Å². The molecule has 2 amide bonds. The number of hydrogen-bond acceptors (Lipinski definition) is 2. The minimum Gasteiger partial charge on any atom is -0.326 e. The molecule has 2 unspecified atom stereocenters. The molecule has 0 heterocycles. The van der Waals surface area contributed by atoms with Gasteiger partial charge >= 0.3 is 0 Å². The highest BCUT2D eigenvalue weighted by Gasteiger charge is 2.48. The van der Waals surface area contributed by atoms with Gasteiger partial charge in [0.15, 0.2) is 0 Å². The summed E-state index contributed by atoms with van der Waals surface area (Å²) in [6, 6.07) is 10.6. The molecular formula is C19H18Cl2N2O2. The molecule has 0 saturated heterocycles. The van der Waals surface area contributed by atoms with Crippen molar-refractivity contribution in [1.82, 2.24) is 0 Å². The molecule has 6 heteroatoms. The van der Waals surface area contributed by atoms with Crippen LogP contribution in [0.3, 0.4) is 0 Å². The van der Waals surface area contributed by atoms with Crippen molar-refractivity contribution in [2.45, 2.75) is 20.3 Å². The van der Waals surface area contributed by atoms with E-state index in [2.05, 4.69) is 10.6 Å². The van der Waals surface area contributed by atoms with Gasteiger partial charge < -0.3 is 10.6 Å². The number of benzene rings is 2. The fraction of sp³-hybridized carbons (Fsp3) is 0.263. The summed E-state index contributed by atoms with van der Waals surface area (Å²) in [6.07, 6.45) is 0.539. The maximum atomic E-state index is 12.4. The topological polar surface area (TPSA) is 58.2 Å². The predicted molar refractivity (Wildman–Crippen MR) is 101 cm³/mol. The van der Waals surface area contributed by atoms with Gasteiger partial charge in [-0.2, -0.15) is 0 Å². The van der Waals surface area contributed by atoms with E-state index in [0.717, 1.165) is 16.8 Å². The third kappa shape index (κ3) is 4.14. The molecule has 4 nitrogen and oxygen atoms in total. The Morgan fingerprint density at radius 2 is 1.56 bits per heavy atom. The summed E-state index contributed by atoms with van der Waals surface area (Å²) >= 11 is 11.9. The van der Waals surface area contributed by atoms with Crippen LogP contribution in [0, 0.1) is 25.7 Å². The molecule has 2 aromatic rings. The van der Waals surface area contributed by atoms with Crippen LogP contribution in [0.5, 0.6) is 0 Å². The first-order valence-electron chi connectivity index (χ1n) is 7.99. The van der Waals surface area contributed by atoms with Gasteiger partial charge in [-0.15, -0.1) is 0 Å². The van der Waals surface area contributed by atoms with Crippen LogP contribution in [0.2, 0.25) is 10.0 Å². The van der Waals surface area contributed by atoms with Crippen LogP contribution < -0.4 is 10.6 Å². The van der Waals surface area contributed by atoms with E-state index < -0.39 is 0 Å². The van der Waals surface area contributed by atoms with Gasteiger partial charge in [0, 0.05) is 21.4 Å². The number of anilines is 2. The highest BCUT2D eigenvalue weighted by Crippen LogP contribution is 2.40. The van der Waals surface area contributed by atoms with Gasteiger partial charge in [-0.1, -0.05) is 35.3 Å². The normalized spacial score (nSPS) is 18.6. The van der Waals surface area contributed by atoms with Crippen LogP contribution in [-0.4, -0.2) is 11.8 Å². The molecule has 1 saturated carbocycles. The Bertz CT molecular complexity index is 831. The van der Waals surface area contributed by atoms with Gasteiger partial charge in [0.25, 0.3) is 0 Å². The number of hydrogen-bond donors (Lipinski definition) is 2. The fourth-order valence-electron chi connectivity index (χ4n) is 2.75. The summed E-state index contributed by atoms with van der Waals surface area (Å²) in [5, 5.41) is 6.58. The van der Waals surface area contributed by atoms with E-state index in [1.165, 1.54) is 0 Å². The molecule has 0 aromatic heterocycles. The summed E-state index contributed by atoms with van der Waals surface area (Å²) in [6.45, 7) is 3.96. The molecule has 3 rings (SSSR count). The first-order valence-corrected chi connectivity index (χ1v) is 8.75. The highest BCUT2D eigenvalue weighted by molar-refractivity contribution is 6.35. The molecule has 0 bridgehead atoms. The fourth-order valence-corrected chi connectivity index (χ4v) is 3.27. The number of carbonyl (C=O) groups excluding carboxylic acids is 2. The van der Waals surface area contributed by atoms with Crippen molar-refractivity contribution in [3.63, 3.8) is 0 Å². The van der Waals surface area contributed by atoms with Crippen LogP contribution in [0.25, 0.3) is 0 Å². The Morgan fingerprint density at radius 1 is 0.960 bits per heavy atom. The second-order valence-corrected chi connectivity index (χ2v) is 7.21. The number of amides is 2. The number of halogens is 2. The highest BCUT2D eigenvalue weighted by atomic mass is 35.5. The zero-order valence-electron chi connectivity index (χ0n) is 13.9. The predicted octanol–water partition coefficient (Wildman–Crippen LogP) is 4.82. The van der Waals surface area contributed by atoms with Crippen LogP contribution in [0.1, 0.15) is 17.5 Å². The summed E-state index contributed by atoms with van der Waals surface area (Å²) in [5.74, 6) is -0.963. The molecule has 0 aliphatic heterocycles. The molecule has 0 spiro atoms. The summed E-state index contributed by atoms with van der Waals surface area (Å²) in [7, 11) is 0. The molecule has 2 N–H and O–H groups in total. The van der Waals surface area contributed by atoms with E-state index in [9.17, 15) is 9.59 Å². The Balaban J connectivity index is 1.60. The molecule has 0 radical (unpaired) electrons. The van der Waals surface area contributed by atoms with Crippen LogP contribution in [0.4, 0.5) is 11.4 Å². The lowest BCUT2D eigenvalue weighted by Crippen LogP contribution is -2.21. The molecular weight excluding hydrogens is 359 g/mol. The van der Waals surface area contributed by atoms with Crippen LogP contribution in [0.15, 0.2) is 36.4 Å². The average Bonchev–Trinajstić information content (AvgIpc) is 3.31.